The van der Waals surface area contributed by atoms with Crippen LogP contribution in [0.4, 0.5) is 4.39 Å². The number of aromatic nitrogens is 2. The van der Waals surface area contributed by atoms with Crippen LogP contribution in [0.2, 0.25) is 0 Å². The van der Waals surface area contributed by atoms with Crippen molar-refractivity contribution in [2.75, 3.05) is 13.7 Å². The first-order valence-electron chi connectivity index (χ1n) is 11.1. The lowest BCUT2D eigenvalue weighted by Crippen LogP contribution is -2.30. The normalized spacial score (nSPS) is 10.8. The summed E-state index contributed by atoms with van der Waals surface area (Å²) in [6.07, 6.45) is 1.25. The fourth-order valence-electron chi connectivity index (χ4n) is 3.71. The van der Waals surface area contributed by atoms with Gasteiger partial charge in [0, 0.05) is 19.6 Å². The Balaban J connectivity index is 1.70. The van der Waals surface area contributed by atoms with Gasteiger partial charge in [-0.05, 0) is 54.3 Å². The Bertz CT molecular complexity index is 1280. The van der Waals surface area contributed by atoms with Gasteiger partial charge in [0.15, 0.2) is 0 Å². The molecular formula is C26H27FN4O5. The van der Waals surface area contributed by atoms with Crippen molar-refractivity contribution in [3.8, 4) is 0 Å². The lowest BCUT2D eigenvalue weighted by Gasteiger charge is -2.20. The maximum Gasteiger partial charge on any atom is 0.338 e. The van der Waals surface area contributed by atoms with Crippen LogP contribution < -0.4 is 5.32 Å². The maximum absolute atomic E-state index is 13.4. The van der Waals surface area contributed by atoms with Crippen molar-refractivity contribution in [2.24, 2.45) is 0 Å². The number of hydrogen-bond donors (Lipinski definition) is 2. The molecule has 0 radical (unpaired) electrons. The standard InChI is InChI=1S/C26H27FN4O5/c1-16-8-19(4-6-21(16)26(35)36-3)12-31(14-24(32)33)13-20-10-23(30-15-29-20)25(34)28-11-18-5-7-22(27)17(2)9-18/h4-10,15H,11-14H2,1-3H3,(H,28,34)(H,32,33). The number of nitrogens with one attached hydrogen (secondary N) is 1. The zero-order valence-electron chi connectivity index (χ0n) is 20.2. The topological polar surface area (TPSA) is 122 Å². The van der Waals surface area contributed by atoms with Gasteiger partial charge in [-0.25, -0.2) is 19.2 Å². The maximum atomic E-state index is 13.4. The van der Waals surface area contributed by atoms with Crippen LogP contribution in [-0.4, -0.2) is 51.5 Å². The number of benzene rings is 2. The quantitative estimate of drug-likeness (QED) is 0.413. The number of nitrogens with zero attached hydrogens (tertiary/aromatic N) is 3. The Morgan fingerprint density at radius 2 is 1.72 bits per heavy atom. The molecule has 0 unspecified atom stereocenters. The van der Waals surface area contributed by atoms with Crippen LogP contribution in [0.15, 0.2) is 48.8 Å². The summed E-state index contributed by atoms with van der Waals surface area (Å²) in [5, 5.41) is 12.1. The highest BCUT2D eigenvalue weighted by atomic mass is 19.1. The molecule has 10 heteroatoms. The summed E-state index contributed by atoms with van der Waals surface area (Å²) in [5.74, 6) is -2.20. The molecule has 1 heterocycles. The molecule has 3 aromatic rings. The van der Waals surface area contributed by atoms with Crippen LogP contribution in [0.1, 0.15) is 48.8 Å². The second-order valence-electron chi connectivity index (χ2n) is 8.34. The number of halogens is 1. The number of aryl methyl sites for hydroxylation is 2. The van der Waals surface area contributed by atoms with E-state index in [1.807, 2.05) is 0 Å². The summed E-state index contributed by atoms with van der Waals surface area (Å²) >= 11 is 0. The minimum Gasteiger partial charge on any atom is -0.480 e. The van der Waals surface area contributed by atoms with Gasteiger partial charge in [-0.3, -0.25) is 14.5 Å². The van der Waals surface area contributed by atoms with Crippen molar-refractivity contribution in [2.45, 2.75) is 33.5 Å². The fourth-order valence-corrected chi connectivity index (χ4v) is 3.71. The molecule has 1 aromatic heterocycles. The van der Waals surface area contributed by atoms with Gasteiger partial charge in [0.2, 0.25) is 0 Å². The first-order chi connectivity index (χ1) is 17.2. The number of carboxylic acid groups (broad SMARTS) is 1. The van der Waals surface area contributed by atoms with E-state index in [-0.39, 0.29) is 37.7 Å². The second-order valence-corrected chi connectivity index (χ2v) is 8.34. The summed E-state index contributed by atoms with van der Waals surface area (Å²) in [4.78, 5) is 45.7. The number of ether oxygens (including phenoxy) is 1. The van der Waals surface area contributed by atoms with Crippen molar-refractivity contribution in [3.63, 3.8) is 0 Å². The predicted octanol–water partition coefficient (Wildman–Crippen LogP) is 3.04. The van der Waals surface area contributed by atoms with Gasteiger partial charge in [0.05, 0.1) is 24.9 Å². The van der Waals surface area contributed by atoms with E-state index in [0.29, 0.717) is 22.4 Å². The van der Waals surface area contributed by atoms with Gasteiger partial charge in [0.25, 0.3) is 5.91 Å². The molecule has 1 amide bonds. The first-order valence-corrected chi connectivity index (χ1v) is 11.1. The van der Waals surface area contributed by atoms with E-state index in [1.165, 1.54) is 25.6 Å². The van der Waals surface area contributed by atoms with Crippen molar-refractivity contribution in [1.29, 1.82) is 0 Å². The Morgan fingerprint density at radius 3 is 2.39 bits per heavy atom. The number of carbonyl (C=O) groups is 3. The number of amides is 1. The summed E-state index contributed by atoms with van der Waals surface area (Å²) in [5.41, 5.74) is 3.80. The Kier molecular flexibility index (Phi) is 8.80. The third-order valence-electron chi connectivity index (χ3n) is 5.48. The van der Waals surface area contributed by atoms with Crippen LogP contribution in [0.25, 0.3) is 0 Å². The van der Waals surface area contributed by atoms with E-state index >= 15 is 0 Å². The Hall–Kier alpha value is -4.18. The van der Waals surface area contributed by atoms with Gasteiger partial charge in [-0.1, -0.05) is 24.3 Å². The minimum atomic E-state index is -1.01. The Labute approximate surface area is 208 Å². The number of hydrogen-bond acceptors (Lipinski definition) is 7. The van der Waals surface area contributed by atoms with Gasteiger partial charge in [-0.2, -0.15) is 0 Å². The summed E-state index contributed by atoms with van der Waals surface area (Å²) in [6, 6.07) is 11.3. The molecule has 2 aromatic carbocycles. The van der Waals surface area contributed by atoms with Crippen LogP contribution in [0.5, 0.6) is 0 Å². The molecule has 0 aliphatic rings. The highest BCUT2D eigenvalue weighted by Crippen LogP contribution is 2.16. The van der Waals surface area contributed by atoms with Crippen LogP contribution in [-0.2, 0) is 29.2 Å². The molecule has 0 saturated heterocycles. The predicted molar refractivity (Wildman–Crippen MR) is 129 cm³/mol. The monoisotopic (exact) mass is 494 g/mol. The molecular weight excluding hydrogens is 467 g/mol. The van der Waals surface area contributed by atoms with E-state index < -0.39 is 17.8 Å². The first kappa shape index (κ1) is 26.4. The largest absolute Gasteiger partial charge is 0.480 e. The molecule has 0 fully saturated rings. The molecule has 0 aliphatic heterocycles. The van der Waals surface area contributed by atoms with Crippen molar-refractivity contribution in [1.82, 2.24) is 20.2 Å². The average molecular weight is 495 g/mol. The molecule has 0 spiro atoms. The summed E-state index contributed by atoms with van der Waals surface area (Å²) in [7, 11) is 1.31. The molecule has 0 aliphatic carbocycles. The van der Waals surface area contributed by atoms with Gasteiger partial charge < -0.3 is 15.2 Å². The smallest absolute Gasteiger partial charge is 0.338 e. The summed E-state index contributed by atoms with van der Waals surface area (Å²) in [6.45, 7) is 3.81. The molecule has 0 atom stereocenters. The Morgan fingerprint density at radius 1 is 1.00 bits per heavy atom. The van der Waals surface area contributed by atoms with E-state index in [2.05, 4.69) is 15.3 Å². The SMILES string of the molecule is COC(=O)c1ccc(CN(CC(=O)O)Cc2cc(C(=O)NCc3ccc(F)c(C)c3)ncn2)cc1C. The number of aliphatic carboxylic acids is 1. The van der Waals surface area contributed by atoms with E-state index in [4.69, 9.17) is 4.74 Å². The zero-order valence-corrected chi connectivity index (χ0v) is 20.2. The average Bonchev–Trinajstić information content (AvgIpc) is 2.84. The van der Waals surface area contributed by atoms with Crippen LogP contribution in [0, 0.1) is 19.7 Å². The van der Waals surface area contributed by atoms with E-state index in [0.717, 1.165) is 11.1 Å². The summed E-state index contributed by atoms with van der Waals surface area (Å²) < 4.78 is 18.2. The third kappa shape index (κ3) is 7.16. The lowest BCUT2D eigenvalue weighted by molar-refractivity contribution is -0.138. The molecule has 0 saturated carbocycles. The van der Waals surface area contributed by atoms with Gasteiger partial charge >= 0.3 is 11.9 Å². The van der Waals surface area contributed by atoms with Crippen LogP contribution in [0.3, 0.4) is 0 Å². The molecule has 3 rings (SSSR count). The fraction of sp³-hybridized carbons (Fsp3) is 0.269. The van der Waals surface area contributed by atoms with E-state index in [1.54, 1.807) is 49.1 Å². The zero-order chi connectivity index (χ0) is 26.2. The van der Waals surface area contributed by atoms with Gasteiger partial charge in [-0.15, -0.1) is 0 Å². The van der Waals surface area contributed by atoms with Gasteiger partial charge in [0.1, 0.15) is 17.8 Å². The number of esters is 1. The number of carboxylic acids is 1. The third-order valence-corrected chi connectivity index (χ3v) is 5.48. The number of rotatable bonds is 10. The van der Waals surface area contributed by atoms with Crippen molar-refractivity contribution >= 4 is 17.8 Å². The highest BCUT2D eigenvalue weighted by Gasteiger charge is 2.16. The number of methoxy groups -OCH3 is 1. The minimum absolute atomic E-state index is 0.132. The molecule has 9 nitrogen and oxygen atoms in total. The number of carbonyl (C=O) groups excluding carboxylic acids is 2. The molecule has 0 bridgehead atoms. The highest BCUT2D eigenvalue weighted by molar-refractivity contribution is 5.92. The molecule has 2 N–H and O–H groups in total. The second kappa shape index (κ2) is 12.0. The van der Waals surface area contributed by atoms with E-state index in [9.17, 15) is 23.9 Å². The van der Waals surface area contributed by atoms with Crippen LogP contribution >= 0.6 is 0 Å². The lowest BCUT2D eigenvalue weighted by atomic mass is 10.0. The van der Waals surface area contributed by atoms with Crippen molar-refractivity contribution in [3.05, 3.63) is 93.8 Å². The van der Waals surface area contributed by atoms with Crippen molar-refractivity contribution < 1.29 is 28.6 Å². The molecule has 188 valence electrons. The molecule has 36 heavy (non-hydrogen) atoms.